The third kappa shape index (κ3) is 9.38. The van der Waals surface area contributed by atoms with E-state index in [1.807, 2.05) is 60.7 Å². The van der Waals surface area contributed by atoms with Gasteiger partial charge in [0.2, 0.25) is 0 Å². The van der Waals surface area contributed by atoms with Gasteiger partial charge in [-0.15, -0.1) is 0 Å². The van der Waals surface area contributed by atoms with Crippen LogP contribution in [-0.4, -0.2) is 12.2 Å². The van der Waals surface area contributed by atoms with E-state index >= 15 is 0 Å². The molecule has 0 aliphatic heterocycles. The minimum atomic E-state index is -0.587. The molecule has 2 amide bonds. The Kier molecular flexibility index (Phi) is 10.8. The van der Waals surface area contributed by atoms with Gasteiger partial charge in [0.25, 0.3) is 0 Å². The van der Waals surface area contributed by atoms with E-state index in [9.17, 15) is 9.59 Å². The Morgan fingerprint density at radius 3 is 1.44 bits per heavy atom. The van der Waals surface area contributed by atoms with Crippen LogP contribution in [0.5, 0.6) is 0 Å². The van der Waals surface area contributed by atoms with Crippen molar-refractivity contribution in [3.05, 3.63) is 71.8 Å². The van der Waals surface area contributed by atoms with Crippen molar-refractivity contribution in [2.75, 3.05) is 0 Å². The van der Waals surface area contributed by atoms with Crippen molar-refractivity contribution < 1.29 is 38.5 Å². The van der Waals surface area contributed by atoms with E-state index in [-0.39, 0.29) is 32.7 Å². The van der Waals surface area contributed by atoms with E-state index in [2.05, 4.69) is 9.44 Å². The van der Waals surface area contributed by atoms with Gasteiger partial charge >= 0.3 is 12.2 Å². The van der Waals surface area contributed by atoms with E-state index in [0.717, 1.165) is 33.1 Å². The molecule has 2 rings (SSSR count). The van der Waals surface area contributed by atoms with Crippen LogP contribution in [0.1, 0.15) is 11.1 Å². The molecule has 2 N–H and O–H groups in total. The van der Waals surface area contributed by atoms with Crippen molar-refractivity contribution in [1.29, 1.82) is 0 Å². The van der Waals surface area contributed by atoms with Gasteiger partial charge in [-0.1, -0.05) is 60.7 Å². The van der Waals surface area contributed by atoms with Crippen molar-refractivity contribution in [3.63, 3.8) is 0 Å². The molecular formula is C16H16N2O4S2Zn. The Morgan fingerprint density at radius 1 is 0.720 bits per heavy atom. The number of carbonyl (C=O) groups excluding carboxylic acids is 2. The summed E-state index contributed by atoms with van der Waals surface area (Å²) in [7, 11) is 1.85. The molecule has 0 spiro atoms. The quantitative estimate of drug-likeness (QED) is 0.299. The van der Waals surface area contributed by atoms with Crippen LogP contribution in [-0.2, 0) is 42.2 Å². The van der Waals surface area contributed by atoms with Gasteiger partial charge in [0.15, 0.2) is 0 Å². The maximum atomic E-state index is 11.5. The van der Waals surface area contributed by atoms with Crippen LogP contribution < -0.4 is 9.44 Å². The maximum absolute atomic E-state index is 11.5. The van der Waals surface area contributed by atoms with Crippen molar-refractivity contribution in [1.82, 2.24) is 9.44 Å². The average Bonchev–Trinajstić information content (AvgIpc) is 2.63. The minimum Gasteiger partial charge on any atom is -0.444 e. The zero-order valence-corrected chi connectivity index (χ0v) is 17.9. The normalized spacial score (nSPS) is 9.44. The predicted octanol–water partition coefficient (Wildman–Crippen LogP) is 4.05. The number of rotatable bonds is 7. The van der Waals surface area contributed by atoms with E-state index in [4.69, 9.17) is 9.47 Å². The summed E-state index contributed by atoms with van der Waals surface area (Å²) in [5.74, 6) is 0. The van der Waals surface area contributed by atoms with Crippen molar-refractivity contribution in [3.8, 4) is 0 Å². The Hall–Kier alpha value is -1.70. The molecule has 0 saturated carbocycles. The molecule has 6 nitrogen and oxygen atoms in total. The number of hydrogen-bond donors (Lipinski definition) is 2. The van der Waals surface area contributed by atoms with Gasteiger partial charge < -0.3 is 9.47 Å². The SMILES string of the molecule is O=C(NSSNC(=O)OCc1ccccc1)OCc1ccccc1.[Zn]. The molecule has 0 heterocycles. The zero-order valence-electron chi connectivity index (χ0n) is 13.3. The molecular weight excluding hydrogens is 414 g/mol. The van der Waals surface area contributed by atoms with Crippen LogP contribution in [0.25, 0.3) is 0 Å². The molecule has 2 aromatic rings. The second kappa shape index (κ2) is 12.6. The summed E-state index contributed by atoms with van der Waals surface area (Å²) in [5, 5.41) is 0. The van der Waals surface area contributed by atoms with Gasteiger partial charge in [-0.25, -0.2) is 9.59 Å². The molecule has 0 aromatic heterocycles. The van der Waals surface area contributed by atoms with Gasteiger partial charge in [0.05, 0.1) is 0 Å². The van der Waals surface area contributed by atoms with Crippen LogP contribution >= 0.6 is 22.0 Å². The fraction of sp³-hybridized carbons (Fsp3) is 0.125. The predicted molar refractivity (Wildman–Crippen MR) is 94.7 cm³/mol. The van der Waals surface area contributed by atoms with Crippen LogP contribution in [0.2, 0.25) is 0 Å². The van der Waals surface area contributed by atoms with Gasteiger partial charge in [0, 0.05) is 41.4 Å². The monoisotopic (exact) mass is 428 g/mol. The van der Waals surface area contributed by atoms with E-state index < -0.39 is 12.2 Å². The largest absolute Gasteiger partial charge is 0.444 e. The molecule has 0 aliphatic rings. The molecule has 0 saturated heterocycles. The molecule has 0 unspecified atom stereocenters. The van der Waals surface area contributed by atoms with Gasteiger partial charge in [0.1, 0.15) is 13.2 Å². The summed E-state index contributed by atoms with van der Waals surface area (Å²) in [6.07, 6.45) is -1.17. The Labute approximate surface area is 166 Å². The third-order valence-electron chi connectivity index (χ3n) is 2.72. The molecule has 2 aromatic carbocycles. The number of nitrogens with one attached hydrogen (secondary N) is 2. The Bertz CT molecular complexity index is 590. The summed E-state index contributed by atoms with van der Waals surface area (Å²) in [4.78, 5) is 22.9. The van der Waals surface area contributed by atoms with E-state index in [1.54, 1.807) is 0 Å². The first-order valence-electron chi connectivity index (χ1n) is 7.00. The van der Waals surface area contributed by atoms with E-state index in [1.165, 1.54) is 0 Å². The van der Waals surface area contributed by atoms with E-state index in [0.29, 0.717) is 0 Å². The first-order valence-corrected chi connectivity index (χ1v) is 9.15. The number of amides is 2. The fourth-order valence-electron chi connectivity index (χ4n) is 1.61. The standard InChI is InChI=1S/C16H16N2O4S2.Zn/c19-15(21-11-13-7-3-1-4-8-13)17-23-24-18-16(20)22-12-14-9-5-2-6-10-14;/h1-10H,11-12H2,(H,17,19)(H,18,20);. The van der Waals surface area contributed by atoms with Crippen molar-refractivity contribution in [2.45, 2.75) is 13.2 Å². The van der Waals surface area contributed by atoms with Gasteiger partial charge in [-0.05, 0) is 11.1 Å². The molecule has 0 radical (unpaired) electrons. The molecule has 0 atom stereocenters. The van der Waals surface area contributed by atoms with Gasteiger partial charge in [-0.3, -0.25) is 9.44 Å². The smallest absolute Gasteiger partial charge is 0.418 e. The summed E-state index contributed by atoms with van der Waals surface area (Å²) in [5.41, 5.74) is 1.79. The van der Waals surface area contributed by atoms with Crippen LogP contribution in [0.4, 0.5) is 9.59 Å². The summed E-state index contributed by atoms with van der Waals surface area (Å²) >= 11 is 0. The topological polar surface area (TPSA) is 76.7 Å². The fourth-order valence-corrected chi connectivity index (χ4v) is 2.61. The molecule has 0 aliphatic carbocycles. The number of hydrogen-bond acceptors (Lipinski definition) is 6. The first kappa shape index (κ1) is 21.3. The second-order valence-corrected chi connectivity index (χ2v) is 6.24. The Balaban J connectivity index is 0.00000312. The zero-order chi connectivity index (χ0) is 17.0. The molecule has 0 fully saturated rings. The number of benzene rings is 2. The van der Waals surface area contributed by atoms with Gasteiger partial charge in [-0.2, -0.15) is 0 Å². The van der Waals surface area contributed by atoms with Crippen LogP contribution in [0.15, 0.2) is 60.7 Å². The van der Waals surface area contributed by atoms with Crippen LogP contribution in [0, 0.1) is 0 Å². The maximum Gasteiger partial charge on any atom is 0.418 e. The molecule has 9 heteroatoms. The molecule has 0 bridgehead atoms. The van der Waals surface area contributed by atoms with Crippen LogP contribution in [0.3, 0.4) is 0 Å². The first-order chi connectivity index (χ1) is 11.7. The Morgan fingerprint density at radius 2 is 1.08 bits per heavy atom. The second-order valence-electron chi connectivity index (χ2n) is 4.49. The molecule has 128 valence electrons. The minimum absolute atomic E-state index is 0. The number of ether oxygens (including phenoxy) is 2. The van der Waals surface area contributed by atoms with Crippen molar-refractivity contribution >= 4 is 34.1 Å². The summed E-state index contributed by atoms with van der Waals surface area (Å²) in [6.45, 7) is 0.370. The van der Waals surface area contributed by atoms with Crippen molar-refractivity contribution in [2.24, 2.45) is 0 Å². The third-order valence-corrected chi connectivity index (χ3v) is 4.05. The summed E-state index contributed by atoms with van der Waals surface area (Å²) in [6, 6.07) is 18.7. The molecule has 25 heavy (non-hydrogen) atoms. The average molecular weight is 430 g/mol. The number of carbonyl (C=O) groups is 2. The summed E-state index contributed by atoms with van der Waals surface area (Å²) < 4.78 is 14.9.